The minimum atomic E-state index is 0.239. The van der Waals surface area contributed by atoms with E-state index in [4.69, 9.17) is 0 Å². The van der Waals surface area contributed by atoms with Gasteiger partial charge in [-0.3, -0.25) is 4.79 Å². The predicted molar refractivity (Wildman–Crippen MR) is 117 cm³/mol. The lowest BCUT2D eigenvalue weighted by Crippen LogP contribution is -2.48. The van der Waals surface area contributed by atoms with Gasteiger partial charge in [0, 0.05) is 26.2 Å². The molecule has 0 spiro atoms. The van der Waals surface area contributed by atoms with Gasteiger partial charge in [-0.2, -0.15) is 0 Å². The number of carbonyl (C=O) groups excluding carboxylic acids is 1. The van der Waals surface area contributed by atoms with Gasteiger partial charge in [-0.05, 0) is 80.7 Å². The van der Waals surface area contributed by atoms with E-state index in [0.717, 1.165) is 69.0 Å². The SMILES string of the molecule is O=C([C@H]1CCCN(C[C@@H]2C[C@@H]3C=C[C@@H]2C3)C1)N1CCC(Cc2ccccc2)CC1. The minimum Gasteiger partial charge on any atom is -0.342 e. The molecule has 2 aliphatic carbocycles. The molecule has 2 bridgehead atoms. The van der Waals surface area contributed by atoms with E-state index in [9.17, 15) is 4.79 Å². The summed E-state index contributed by atoms with van der Waals surface area (Å²) in [4.78, 5) is 18.0. The first-order valence-corrected chi connectivity index (χ1v) is 12.0. The number of fused-ring (bicyclic) bond motifs is 2. The van der Waals surface area contributed by atoms with Crippen molar-refractivity contribution in [1.82, 2.24) is 9.80 Å². The summed E-state index contributed by atoms with van der Waals surface area (Å²) >= 11 is 0. The summed E-state index contributed by atoms with van der Waals surface area (Å²) in [7, 11) is 0. The Balaban J connectivity index is 1.09. The Hall–Kier alpha value is -1.61. The number of likely N-dealkylation sites (tertiary alicyclic amines) is 2. The number of hydrogen-bond donors (Lipinski definition) is 0. The Morgan fingerprint density at radius 2 is 1.79 bits per heavy atom. The lowest BCUT2D eigenvalue weighted by Gasteiger charge is -2.39. The molecule has 1 amide bonds. The molecule has 0 N–H and O–H groups in total. The number of rotatable bonds is 5. The van der Waals surface area contributed by atoms with Gasteiger partial charge in [-0.1, -0.05) is 42.5 Å². The van der Waals surface area contributed by atoms with Gasteiger partial charge in [0.15, 0.2) is 0 Å². The molecule has 0 aromatic heterocycles. The summed E-state index contributed by atoms with van der Waals surface area (Å²) < 4.78 is 0. The van der Waals surface area contributed by atoms with Crippen molar-refractivity contribution < 1.29 is 4.79 Å². The van der Waals surface area contributed by atoms with E-state index in [0.29, 0.717) is 5.91 Å². The van der Waals surface area contributed by atoms with E-state index >= 15 is 0 Å². The van der Waals surface area contributed by atoms with E-state index in [-0.39, 0.29) is 5.92 Å². The molecule has 0 unspecified atom stereocenters. The van der Waals surface area contributed by atoms with Gasteiger partial charge in [0.05, 0.1) is 5.92 Å². The van der Waals surface area contributed by atoms with Crippen LogP contribution in [0, 0.1) is 29.6 Å². The molecule has 1 saturated carbocycles. The zero-order valence-corrected chi connectivity index (χ0v) is 17.7. The maximum absolute atomic E-state index is 13.2. The third-order valence-corrected chi connectivity index (χ3v) is 8.06. The Morgan fingerprint density at radius 1 is 0.966 bits per heavy atom. The van der Waals surface area contributed by atoms with Gasteiger partial charge < -0.3 is 9.80 Å². The summed E-state index contributed by atoms with van der Waals surface area (Å²) in [6.07, 6.45) is 13.4. The van der Waals surface area contributed by atoms with Crippen LogP contribution in [0.15, 0.2) is 42.5 Å². The fraction of sp³-hybridized carbons (Fsp3) is 0.654. The standard InChI is InChI=1S/C26H36N2O/c29-26(28-13-10-21(11-14-28)15-20-5-2-1-3-6-20)24-7-4-12-27(18-24)19-25-17-22-8-9-23(25)16-22/h1-3,5-6,8-9,21-25H,4,7,10-19H2/t22-,23-,24+,25+/m1/s1. The Kier molecular flexibility index (Phi) is 5.76. The number of piperidine rings is 2. The number of nitrogens with zero attached hydrogens (tertiary/aromatic N) is 2. The molecule has 2 aliphatic heterocycles. The van der Waals surface area contributed by atoms with E-state index in [2.05, 4.69) is 52.3 Å². The third kappa shape index (κ3) is 4.45. The van der Waals surface area contributed by atoms with Crippen molar-refractivity contribution in [3.05, 3.63) is 48.0 Å². The summed E-state index contributed by atoms with van der Waals surface area (Å²) in [5, 5.41) is 0. The number of allylic oxidation sites excluding steroid dienone is 2. The molecule has 5 rings (SSSR count). The van der Waals surface area contributed by atoms with Gasteiger partial charge in [-0.25, -0.2) is 0 Å². The van der Waals surface area contributed by atoms with Crippen molar-refractivity contribution in [3.8, 4) is 0 Å². The Labute approximate surface area is 176 Å². The molecule has 1 aromatic carbocycles. The van der Waals surface area contributed by atoms with Crippen LogP contribution in [-0.4, -0.2) is 48.4 Å². The highest BCUT2D eigenvalue weighted by molar-refractivity contribution is 5.79. The van der Waals surface area contributed by atoms with Crippen LogP contribution in [0.3, 0.4) is 0 Å². The van der Waals surface area contributed by atoms with Crippen molar-refractivity contribution in [2.75, 3.05) is 32.7 Å². The lowest BCUT2D eigenvalue weighted by molar-refractivity contribution is -0.138. The maximum atomic E-state index is 13.2. The highest BCUT2D eigenvalue weighted by atomic mass is 16.2. The average molecular weight is 393 g/mol. The van der Waals surface area contributed by atoms with Gasteiger partial charge in [0.25, 0.3) is 0 Å². The van der Waals surface area contributed by atoms with Gasteiger partial charge in [-0.15, -0.1) is 0 Å². The predicted octanol–water partition coefficient (Wildman–Crippen LogP) is 4.39. The molecule has 3 nitrogen and oxygen atoms in total. The molecule has 156 valence electrons. The van der Waals surface area contributed by atoms with Gasteiger partial charge >= 0.3 is 0 Å². The van der Waals surface area contributed by atoms with Crippen LogP contribution >= 0.6 is 0 Å². The largest absolute Gasteiger partial charge is 0.342 e. The van der Waals surface area contributed by atoms with Crippen LogP contribution < -0.4 is 0 Å². The minimum absolute atomic E-state index is 0.239. The van der Waals surface area contributed by atoms with Crippen molar-refractivity contribution >= 4 is 5.91 Å². The second-order valence-electron chi connectivity index (χ2n) is 10.1. The molecule has 3 fully saturated rings. The van der Waals surface area contributed by atoms with Gasteiger partial charge in [0.1, 0.15) is 0 Å². The third-order valence-electron chi connectivity index (χ3n) is 8.06. The van der Waals surface area contributed by atoms with Crippen LogP contribution in [0.5, 0.6) is 0 Å². The monoisotopic (exact) mass is 392 g/mol. The highest BCUT2D eigenvalue weighted by Crippen LogP contribution is 2.44. The first kappa shape index (κ1) is 19.4. The van der Waals surface area contributed by atoms with E-state index in [1.54, 1.807) is 0 Å². The summed E-state index contributed by atoms with van der Waals surface area (Å²) in [6, 6.07) is 10.8. The molecule has 2 saturated heterocycles. The zero-order chi connectivity index (χ0) is 19.6. The normalized spacial score (nSPS) is 32.8. The first-order chi connectivity index (χ1) is 14.2. The molecule has 0 radical (unpaired) electrons. The highest BCUT2D eigenvalue weighted by Gasteiger charge is 2.38. The smallest absolute Gasteiger partial charge is 0.226 e. The molecule has 29 heavy (non-hydrogen) atoms. The molecular weight excluding hydrogens is 356 g/mol. The fourth-order valence-corrected chi connectivity index (χ4v) is 6.42. The average Bonchev–Trinajstić information content (AvgIpc) is 3.38. The van der Waals surface area contributed by atoms with E-state index < -0.39 is 0 Å². The van der Waals surface area contributed by atoms with Gasteiger partial charge in [0.2, 0.25) is 5.91 Å². The number of benzene rings is 1. The van der Waals surface area contributed by atoms with Crippen LogP contribution in [0.25, 0.3) is 0 Å². The number of amides is 1. The van der Waals surface area contributed by atoms with Crippen LogP contribution in [0.2, 0.25) is 0 Å². The zero-order valence-electron chi connectivity index (χ0n) is 17.7. The Morgan fingerprint density at radius 3 is 2.52 bits per heavy atom. The van der Waals surface area contributed by atoms with E-state index in [1.807, 2.05) is 0 Å². The fourth-order valence-electron chi connectivity index (χ4n) is 6.42. The lowest BCUT2D eigenvalue weighted by atomic mass is 9.88. The number of hydrogen-bond acceptors (Lipinski definition) is 2. The second-order valence-corrected chi connectivity index (χ2v) is 10.1. The van der Waals surface area contributed by atoms with Crippen molar-refractivity contribution in [1.29, 1.82) is 0 Å². The molecular formula is C26H36N2O. The molecule has 4 aliphatic rings. The summed E-state index contributed by atoms with van der Waals surface area (Å²) in [6.45, 7) is 5.34. The van der Waals surface area contributed by atoms with Crippen molar-refractivity contribution in [2.45, 2.75) is 44.9 Å². The molecule has 3 heteroatoms. The molecule has 2 heterocycles. The van der Waals surface area contributed by atoms with Crippen molar-refractivity contribution in [2.24, 2.45) is 29.6 Å². The molecule has 4 atom stereocenters. The quantitative estimate of drug-likeness (QED) is 0.694. The second kappa shape index (κ2) is 8.63. The van der Waals surface area contributed by atoms with Crippen LogP contribution in [0.4, 0.5) is 0 Å². The van der Waals surface area contributed by atoms with E-state index in [1.165, 1.54) is 37.9 Å². The Bertz CT molecular complexity index is 721. The summed E-state index contributed by atoms with van der Waals surface area (Å²) in [5.41, 5.74) is 1.44. The van der Waals surface area contributed by atoms with Crippen molar-refractivity contribution in [3.63, 3.8) is 0 Å². The number of carbonyl (C=O) groups is 1. The van der Waals surface area contributed by atoms with Crippen LogP contribution in [-0.2, 0) is 11.2 Å². The summed E-state index contributed by atoms with van der Waals surface area (Å²) in [5.74, 6) is 3.93. The molecule has 1 aromatic rings. The first-order valence-electron chi connectivity index (χ1n) is 12.0. The topological polar surface area (TPSA) is 23.6 Å². The van der Waals surface area contributed by atoms with Crippen LogP contribution in [0.1, 0.15) is 44.1 Å². The maximum Gasteiger partial charge on any atom is 0.226 e.